The summed E-state index contributed by atoms with van der Waals surface area (Å²) < 4.78 is 22.2. The van der Waals surface area contributed by atoms with Gasteiger partial charge < -0.3 is 29.2 Å². The molecule has 10 nitrogen and oxygen atoms in total. The molecule has 0 radical (unpaired) electrons. The fourth-order valence-electron chi connectivity index (χ4n) is 6.04. The number of fused-ring (bicyclic) bond motifs is 2. The highest BCUT2D eigenvalue weighted by Crippen LogP contribution is 2.55. The quantitative estimate of drug-likeness (QED) is 0.458. The maximum absolute atomic E-state index is 14.5. The third-order valence-corrected chi connectivity index (χ3v) is 8.37. The number of pyridine rings is 1. The largest absolute Gasteiger partial charge is 0.497 e. The SMILES string of the molecule is COc1ccc2cc([C@H]3CC(=O)NC4=C3C(=O)[C@@]3(Oc5c(Cl)c(OC)cc(OC)c5C3=O)[C@H](C)C4)c(=O)[nH]c2c1. The van der Waals surface area contributed by atoms with Crippen molar-refractivity contribution in [2.45, 2.75) is 31.3 Å². The number of H-pyrrole nitrogens is 1. The molecule has 6 rings (SSSR count). The van der Waals surface area contributed by atoms with E-state index in [1.54, 1.807) is 31.2 Å². The monoisotopic (exact) mass is 564 g/mol. The van der Waals surface area contributed by atoms with Gasteiger partial charge in [0.15, 0.2) is 5.75 Å². The minimum atomic E-state index is -1.96. The van der Waals surface area contributed by atoms with Gasteiger partial charge in [0.1, 0.15) is 27.8 Å². The highest BCUT2D eigenvalue weighted by molar-refractivity contribution is 6.36. The first-order chi connectivity index (χ1) is 19.1. The van der Waals surface area contributed by atoms with Crippen LogP contribution >= 0.6 is 11.6 Å². The van der Waals surface area contributed by atoms with Gasteiger partial charge in [-0.05, 0) is 30.0 Å². The van der Waals surface area contributed by atoms with E-state index < -0.39 is 34.6 Å². The first-order valence-electron chi connectivity index (χ1n) is 12.6. The van der Waals surface area contributed by atoms with Crippen molar-refractivity contribution in [2.75, 3.05) is 21.3 Å². The lowest BCUT2D eigenvalue weighted by atomic mass is 9.66. The fourth-order valence-corrected chi connectivity index (χ4v) is 6.30. The first kappa shape index (κ1) is 25.9. The molecule has 206 valence electrons. The molecule has 40 heavy (non-hydrogen) atoms. The number of carbonyl (C=O) groups excluding carboxylic acids is 3. The molecule has 0 fully saturated rings. The molecule has 1 aromatic heterocycles. The van der Waals surface area contributed by atoms with Gasteiger partial charge in [-0.2, -0.15) is 0 Å². The summed E-state index contributed by atoms with van der Waals surface area (Å²) in [6, 6.07) is 8.35. The van der Waals surface area contributed by atoms with Crippen LogP contribution in [0.15, 0.2) is 46.4 Å². The number of aromatic nitrogens is 1. The zero-order valence-electron chi connectivity index (χ0n) is 22.1. The number of hydrogen-bond donors (Lipinski definition) is 2. The van der Waals surface area contributed by atoms with E-state index in [0.717, 1.165) is 0 Å². The Morgan fingerprint density at radius 1 is 0.950 bits per heavy atom. The number of hydrogen-bond acceptors (Lipinski definition) is 8. The Kier molecular flexibility index (Phi) is 5.92. The van der Waals surface area contributed by atoms with Gasteiger partial charge >= 0.3 is 0 Å². The standard InChI is InChI=1S/C29H25ClN2O8/c1-12-7-18-22(26(34)29(12)27(35)23-19(38-3)11-20(39-4)24(30)25(23)40-29)15(10-21(33)31-18)16-8-13-5-6-14(37-2)9-17(13)32-28(16)36/h5-6,8-9,11-12,15H,7,10H2,1-4H3,(H,31,33)(H,32,36)/t12-,15-,29+/m1/s1. The summed E-state index contributed by atoms with van der Waals surface area (Å²) in [6.07, 6.45) is 0.00160. The van der Waals surface area contributed by atoms with E-state index in [1.807, 2.05) is 0 Å². The highest BCUT2D eigenvalue weighted by atomic mass is 35.5. The van der Waals surface area contributed by atoms with Crippen molar-refractivity contribution >= 4 is 40.0 Å². The van der Waals surface area contributed by atoms with Gasteiger partial charge in [-0.25, -0.2) is 0 Å². The second kappa shape index (κ2) is 9.12. The summed E-state index contributed by atoms with van der Waals surface area (Å²) in [6.45, 7) is 1.70. The lowest BCUT2D eigenvalue weighted by Gasteiger charge is -2.41. The van der Waals surface area contributed by atoms with Gasteiger partial charge in [-0.3, -0.25) is 19.2 Å². The Bertz CT molecular complexity index is 1740. The van der Waals surface area contributed by atoms with Crippen LogP contribution in [0.4, 0.5) is 0 Å². The number of Topliss-reactive ketones (excluding diaryl/α,β-unsaturated/α-hetero) is 2. The molecule has 0 saturated heterocycles. The van der Waals surface area contributed by atoms with Crippen LogP contribution in [0.2, 0.25) is 5.02 Å². The van der Waals surface area contributed by atoms with E-state index in [1.165, 1.54) is 27.4 Å². The van der Waals surface area contributed by atoms with Crippen LogP contribution < -0.4 is 29.8 Å². The molecule has 1 aliphatic carbocycles. The van der Waals surface area contributed by atoms with Crippen LogP contribution in [-0.4, -0.2) is 49.4 Å². The maximum Gasteiger partial charge on any atom is 0.252 e. The van der Waals surface area contributed by atoms with E-state index in [0.29, 0.717) is 22.3 Å². The van der Waals surface area contributed by atoms with Crippen LogP contribution in [0.1, 0.15) is 41.6 Å². The lowest BCUT2D eigenvalue weighted by Crippen LogP contribution is -2.59. The average Bonchev–Trinajstić information content (AvgIpc) is 3.25. The number of halogens is 1. The molecule has 2 aromatic carbocycles. The first-order valence-corrected chi connectivity index (χ1v) is 13.0. The van der Waals surface area contributed by atoms with Gasteiger partial charge in [0.2, 0.25) is 23.1 Å². The Labute approximate surface area is 233 Å². The van der Waals surface area contributed by atoms with E-state index in [4.69, 9.17) is 30.5 Å². The summed E-state index contributed by atoms with van der Waals surface area (Å²) in [7, 11) is 4.33. The number of allylic oxidation sites excluding steroid dienone is 1. The van der Waals surface area contributed by atoms with Crippen LogP contribution in [-0.2, 0) is 9.59 Å². The number of aromatic amines is 1. The second-order valence-corrected chi connectivity index (χ2v) is 10.5. The number of rotatable bonds is 4. The molecular formula is C29H25ClN2O8. The van der Waals surface area contributed by atoms with Crippen molar-refractivity contribution in [3.8, 4) is 23.0 Å². The third-order valence-electron chi connectivity index (χ3n) is 8.02. The smallest absolute Gasteiger partial charge is 0.252 e. The number of ketones is 2. The van der Waals surface area contributed by atoms with E-state index in [2.05, 4.69) is 10.3 Å². The number of amides is 1. The molecule has 3 aliphatic rings. The van der Waals surface area contributed by atoms with Crippen molar-refractivity contribution in [3.05, 3.63) is 68.1 Å². The molecule has 0 saturated carbocycles. The second-order valence-electron chi connectivity index (χ2n) is 10.1. The number of nitrogens with one attached hydrogen (secondary N) is 2. The normalized spacial score (nSPS) is 23.6. The zero-order chi connectivity index (χ0) is 28.5. The van der Waals surface area contributed by atoms with E-state index >= 15 is 0 Å². The molecule has 3 heterocycles. The minimum Gasteiger partial charge on any atom is -0.497 e. The number of carbonyl (C=O) groups is 3. The van der Waals surface area contributed by atoms with Gasteiger partial charge in [-0.1, -0.05) is 18.5 Å². The van der Waals surface area contributed by atoms with E-state index in [9.17, 15) is 19.2 Å². The molecule has 2 aliphatic heterocycles. The van der Waals surface area contributed by atoms with Crippen molar-refractivity contribution in [3.63, 3.8) is 0 Å². The van der Waals surface area contributed by atoms with Crippen molar-refractivity contribution in [2.24, 2.45) is 5.92 Å². The molecule has 11 heteroatoms. The average molecular weight is 565 g/mol. The number of methoxy groups -OCH3 is 3. The molecule has 2 N–H and O–H groups in total. The predicted molar refractivity (Wildman–Crippen MR) is 145 cm³/mol. The maximum atomic E-state index is 14.5. The molecule has 1 spiro atoms. The van der Waals surface area contributed by atoms with Crippen LogP contribution in [0, 0.1) is 5.92 Å². The number of ether oxygens (including phenoxy) is 4. The molecule has 0 bridgehead atoms. The Morgan fingerprint density at radius 3 is 2.40 bits per heavy atom. The Balaban J connectivity index is 1.51. The van der Waals surface area contributed by atoms with Crippen molar-refractivity contribution < 1.29 is 33.3 Å². The molecular weight excluding hydrogens is 540 g/mol. The van der Waals surface area contributed by atoms with Gasteiger partial charge in [0.25, 0.3) is 5.56 Å². The lowest BCUT2D eigenvalue weighted by molar-refractivity contribution is -0.131. The van der Waals surface area contributed by atoms with Gasteiger partial charge in [-0.15, -0.1) is 0 Å². The van der Waals surface area contributed by atoms with Crippen LogP contribution in [0.5, 0.6) is 23.0 Å². The summed E-state index contributed by atoms with van der Waals surface area (Å²) in [5.41, 5.74) is -1.04. The summed E-state index contributed by atoms with van der Waals surface area (Å²) >= 11 is 6.53. The van der Waals surface area contributed by atoms with Gasteiger partial charge in [0, 0.05) is 47.2 Å². The van der Waals surface area contributed by atoms with Crippen LogP contribution in [0.25, 0.3) is 10.9 Å². The molecule has 0 unspecified atom stereocenters. The minimum absolute atomic E-state index is 0.000936. The zero-order valence-corrected chi connectivity index (χ0v) is 22.9. The van der Waals surface area contributed by atoms with Crippen molar-refractivity contribution in [1.29, 1.82) is 0 Å². The Morgan fingerprint density at radius 2 is 1.70 bits per heavy atom. The third kappa shape index (κ3) is 3.48. The summed E-state index contributed by atoms with van der Waals surface area (Å²) in [4.78, 5) is 57.5. The van der Waals surface area contributed by atoms with E-state index in [-0.39, 0.29) is 57.7 Å². The highest BCUT2D eigenvalue weighted by Gasteiger charge is 2.63. The molecule has 3 aromatic rings. The predicted octanol–water partition coefficient (Wildman–Crippen LogP) is 3.69. The topological polar surface area (TPSA) is 133 Å². The summed E-state index contributed by atoms with van der Waals surface area (Å²) in [5, 5.41) is 3.53. The van der Waals surface area contributed by atoms with Crippen LogP contribution in [0.3, 0.4) is 0 Å². The summed E-state index contributed by atoms with van der Waals surface area (Å²) in [5.74, 6) is -2.17. The van der Waals surface area contributed by atoms with Gasteiger partial charge in [0.05, 0.1) is 26.8 Å². The fraction of sp³-hybridized carbons (Fsp3) is 0.310. The molecule has 3 atom stereocenters. The Hall–Kier alpha value is -4.31. The van der Waals surface area contributed by atoms with Crippen molar-refractivity contribution in [1.82, 2.24) is 10.3 Å². The number of benzene rings is 2. The molecule has 1 amide bonds.